The van der Waals surface area contributed by atoms with Crippen LogP contribution in [0.1, 0.15) is 24.9 Å². The van der Waals surface area contributed by atoms with Crippen LogP contribution in [0.25, 0.3) is 0 Å². The number of ether oxygens (including phenoxy) is 1. The minimum Gasteiger partial charge on any atom is -0.494 e. The zero-order valence-corrected chi connectivity index (χ0v) is 14.6. The average molecular weight is 352 g/mol. The molecule has 0 saturated carbocycles. The second-order valence-electron chi connectivity index (χ2n) is 5.91. The summed E-state index contributed by atoms with van der Waals surface area (Å²) in [6, 6.07) is 17.1. The number of hydrogen-bond donors (Lipinski definition) is 1. The van der Waals surface area contributed by atoms with Crippen LogP contribution in [0.3, 0.4) is 0 Å². The van der Waals surface area contributed by atoms with Crippen molar-refractivity contribution in [1.82, 2.24) is 4.57 Å². The van der Waals surface area contributed by atoms with Gasteiger partial charge in [0.15, 0.2) is 0 Å². The summed E-state index contributed by atoms with van der Waals surface area (Å²) in [6.07, 6.45) is 4.05. The number of carbonyl (C=O) groups is 1. The lowest BCUT2D eigenvalue weighted by atomic mass is 10.0. The van der Waals surface area contributed by atoms with Gasteiger partial charge < -0.3 is 14.6 Å². The smallest absolute Gasteiger partial charge is 0.226 e. The van der Waals surface area contributed by atoms with Gasteiger partial charge in [-0.1, -0.05) is 12.1 Å². The molecule has 0 fully saturated rings. The number of amides is 1. The zero-order valence-electron chi connectivity index (χ0n) is 14.6. The lowest BCUT2D eigenvalue weighted by Gasteiger charge is -2.19. The van der Waals surface area contributed by atoms with Gasteiger partial charge in [0.05, 0.1) is 19.1 Å². The van der Waals surface area contributed by atoms with Gasteiger partial charge in [0, 0.05) is 18.1 Å². The minimum atomic E-state index is -0.293. The van der Waals surface area contributed by atoms with Crippen LogP contribution in [-0.4, -0.2) is 17.1 Å². The van der Waals surface area contributed by atoms with Crippen molar-refractivity contribution < 1.29 is 13.9 Å². The van der Waals surface area contributed by atoms with E-state index in [9.17, 15) is 9.18 Å². The highest BCUT2D eigenvalue weighted by Gasteiger charge is 2.17. The van der Waals surface area contributed by atoms with Crippen LogP contribution in [0.4, 0.5) is 10.1 Å². The van der Waals surface area contributed by atoms with Crippen molar-refractivity contribution in [2.75, 3.05) is 11.9 Å². The van der Waals surface area contributed by atoms with E-state index < -0.39 is 0 Å². The molecule has 0 aliphatic rings. The van der Waals surface area contributed by atoms with E-state index in [0.717, 1.165) is 11.3 Å². The van der Waals surface area contributed by atoms with Crippen LogP contribution >= 0.6 is 0 Å². The Labute approximate surface area is 152 Å². The standard InChI is InChI=1S/C21H21FN2O2/c1-2-26-19-11-9-18(10-12-19)23-21(25)15-20(24-13-3-4-14-24)16-5-7-17(22)8-6-16/h3-14,20H,2,15H2,1H3,(H,23,25)/t20-/m1/s1. The molecule has 4 nitrogen and oxygen atoms in total. The van der Waals surface area contributed by atoms with Crippen LogP contribution < -0.4 is 10.1 Å². The van der Waals surface area contributed by atoms with Gasteiger partial charge in [0.2, 0.25) is 5.91 Å². The predicted molar refractivity (Wildman–Crippen MR) is 99.8 cm³/mol. The Morgan fingerprint density at radius 2 is 1.73 bits per heavy atom. The van der Waals surface area contributed by atoms with E-state index in [1.165, 1.54) is 12.1 Å². The topological polar surface area (TPSA) is 43.3 Å². The summed E-state index contributed by atoms with van der Waals surface area (Å²) in [4.78, 5) is 12.5. The maximum absolute atomic E-state index is 13.2. The summed E-state index contributed by atoms with van der Waals surface area (Å²) >= 11 is 0. The Morgan fingerprint density at radius 3 is 2.35 bits per heavy atom. The quantitative estimate of drug-likeness (QED) is 0.673. The van der Waals surface area contributed by atoms with Gasteiger partial charge in [0.25, 0.3) is 0 Å². The summed E-state index contributed by atoms with van der Waals surface area (Å²) in [6.45, 7) is 2.52. The van der Waals surface area contributed by atoms with E-state index in [1.807, 2.05) is 60.3 Å². The molecule has 2 aromatic carbocycles. The molecule has 0 saturated heterocycles. The number of benzene rings is 2. The normalized spacial score (nSPS) is 11.8. The SMILES string of the molecule is CCOc1ccc(NC(=O)C[C@H](c2ccc(F)cc2)n2cccc2)cc1. The molecule has 1 atom stereocenters. The van der Waals surface area contributed by atoms with Crippen molar-refractivity contribution in [3.8, 4) is 5.75 Å². The predicted octanol–water partition coefficient (Wildman–Crippen LogP) is 4.64. The lowest BCUT2D eigenvalue weighted by Crippen LogP contribution is -2.19. The molecule has 1 N–H and O–H groups in total. The fourth-order valence-corrected chi connectivity index (χ4v) is 2.82. The van der Waals surface area contributed by atoms with Crippen LogP contribution in [0.2, 0.25) is 0 Å². The molecule has 3 rings (SSSR count). The number of anilines is 1. The zero-order chi connectivity index (χ0) is 18.4. The van der Waals surface area contributed by atoms with Gasteiger partial charge in [-0.25, -0.2) is 4.39 Å². The Bertz CT molecular complexity index is 827. The number of nitrogens with zero attached hydrogens (tertiary/aromatic N) is 1. The van der Waals surface area contributed by atoms with E-state index in [0.29, 0.717) is 12.3 Å². The fraction of sp³-hybridized carbons (Fsp3) is 0.190. The molecule has 0 aliphatic carbocycles. The van der Waals surface area contributed by atoms with Crippen molar-refractivity contribution >= 4 is 11.6 Å². The van der Waals surface area contributed by atoms with Gasteiger partial charge in [-0.05, 0) is 61.0 Å². The van der Waals surface area contributed by atoms with Gasteiger partial charge in [-0.15, -0.1) is 0 Å². The Balaban J connectivity index is 1.72. The Morgan fingerprint density at radius 1 is 1.08 bits per heavy atom. The highest BCUT2D eigenvalue weighted by atomic mass is 19.1. The summed E-state index contributed by atoms with van der Waals surface area (Å²) < 4.78 is 20.6. The first-order valence-corrected chi connectivity index (χ1v) is 8.56. The second kappa shape index (κ2) is 8.34. The number of hydrogen-bond acceptors (Lipinski definition) is 2. The van der Waals surface area contributed by atoms with Crippen molar-refractivity contribution in [2.24, 2.45) is 0 Å². The first-order chi connectivity index (χ1) is 12.7. The van der Waals surface area contributed by atoms with Gasteiger partial charge in [-0.3, -0.25) is 4.79 Å². The van der Waals surface area contributed by atoms with Crippen molar-refractivity contribution in [2.45, 2.75) is 19.4 Å². The maximum atomic E-state index is 13.2. The third-order valence-electron chi connectivity index (χ3n) is 4.07. The molecule has 3 aromatic rings. The average Bonchev–Trinajstić information content (AvgIpc) is 3.17. The van der Waals surface area contributed by atoms with Gasteiger partial charge in [-0.2, -0.15) is 0 Å². The molecule has 134 valence electrons. The fourth-order valence-electron chi connectivity index (χ4n) is 2.82. The van der Waals surface area contributed by atoms with Gasteiger partial charge >= 0.3 is 0 Å². The number of aromatic nitrogens is 1. The molecule has 0 radical (unpaired) electrons. The minimum absolute atomic E-state index is 0.114. The number of rotatable bonds is 7. The molecule has 0 aliphatic heterocycles. The molecule has 0 bridgehead atoms. The van der Waals surface area contributed by atoms with Crippen LogP contribution in [0.15, 0.2) is 73.1 Å². The third-order valence-corrected chi connectivity index (χ3v) is 4.07. The number of carbonyl (C=O) groups excluding carboxylic acids is 1. The highest BCUT2D eigenvalue weighted by Crippen LogP contribution is 2.24. The molecular formula is C21H21FN2O2. The number of nitrogens with one attached hydrogen (secondary N) is 1. The Hall–Kier alpha value is -3.08. The first-order valence-electron chi connectivity index (χ1n) is 8.56. The summed E-state index contributed by atoms with van der Waals surface area (Å²) in [5.41, 5.74) is 1.59. The molecule has 26 heavy (non-hydrogen) atoms. The molecule has 1 heterocycles. The number of halogens is 1. The van der Waals surface area contributed by atoms with E-state index in [4.69, 9.17) is 4.74 Å². The largest absolute Gasteiger partial charge is 0.494 e. The second-order valence-corrected chi connectivity index (χ2v) is 5.91. The van der Waals surface area contributed by atoms with E-state index in [-0.39, 0.29) is 24.2 Å². The highest BCUT2D eigenvalue weighted by molar-refractivity contribution is 5.91. The third kappa shape index (κ3) is 4.51. The van der Waals surface area contributed by atoms with Crippen LogP contribution in [0.5, 0.6) is 5.75 Å². The molecule has 1 aromatic heterocycles. The summed E-state index contributed by atoms with van der Waals surface area (Å²) in [7, 11) is 0. The summed E-state index contributed by atoms with van der Waals surface area (Å²) in [5, 5.41) is 2.90. The molecule has 5 heteroatoms. The Kier molecular flexibility index (Phi) is 5.69. The van der Waals surface area contributed by atoms with Gasteiger partial charge in [0.1, 0.15) is 11.6 Å². The van der Waals surface area contributed by atoms with Crippen molar-refractivity contribution in [3.05, 3.63) is 84.4 Å². The maximum Gasteiger partial charge on any atom is 0.226 e. The van der Waals surface area contributed by atoms with E-state index >= 15 is 0 Å². The van der Waals surface area contributed by atoms with Crippen molar-refractivity contribution in [1.29, 1.82) is 0 Å². The van der Waals surface area contributed by atoms with Crippen molar-refractivity contribution in [3.63, 3.8) is 0 Å². The van der Waals surface area contributed by atoms with E-state index in [2.05, 4.69) is 5.32 Å². The molecule has 0 unspecified atom stereocenters. The van der Waals surface area contributed by atoms with Crippen LogP contribution in [-0.2, 0) is 4.79 Å². The lowest BCUT2D eigenvalue weighted by molar-refractivity contribution is -0.116. The summed E-state index contributed by atoms with van der Waals surface area (Å²) in [5.74, 6) is 0.359. The van der Waals surface area contributed by atoms with Crippen LogP contribution in [0, 0.1) is 5.82 Å². The van der Waals surface area contributed by atoms with E-state index in [1.54, 1.807) is 12.1 Å². The monoisotopic (exact) mass is 352 g/mol. The molecular weight excluding hydrogens is 331 g/mol. The molecule has 1 amide bonds. The molecule has 0 spiro atoms. The first kappa shape index (κ1) is 17.7.